The first-order valence-electron chi connectivity index (χ1n) is 7.14. The van der Waals surface area contributed by atoms with Crippen LogP contribution in [0.2, 0.25) is 0 Å². The molecule has 0 bridgehead atoms. The zero-order chi connectivity index (χ0) is 13.3. The van der Waals surface area contributed by atoms with E-state index in [1.165, 1.54) is 5.56 Å². The normalized spacial score (nSPS) is 22.7. The number of carboxylic acids is 1. The molecule has 1 aromatic rings. The fraction of sp³-hybridized carbons (Fsp3) is 0.562. The van der Waals surface area contributed by atoms with Crippen molar-refractivity contribution in [1.29, 1.82) is 0 Å². The molecule has 0 atom stereocenters. The molecule has 0 radical (unpaired) electrons. The van der Waals surface area contributed by atoms with Crippen molar-refractivity contribution in [3.63, 3.8) is 0 Å². The zero-order valence-corrected chi connectivity index (χ0v) is 11.1. The van der Waals surface area contributed by atoms with Gasteiger partial charge in [-0.15, -0.1) is 0 Å². The van der Waals surface area contributed by atoms with E-state index >= 15 is 0 Å². The first kappa shape index (κ1) is 12.7. The van der Waals surface area contributed by atoms with Crippen molar-refractivity contribution in [2.75, 3.05) is 13.2 Å². The van der Waals surface area contributed by atoms with Gasteiger partial charge in [-0.05, 0) is 24.0 Å². The first-order chi connectivity index (χ1) is 9.22. The van der Waals surface area contributed by atoms with Gasteiger partial charge in [0, 0.05) is 5.92 Å². The number of benzene rings is 1. The summed E-state index contributed by atoms with van der Waals surface area (Å²) in [7, 11) is 0. The van der Waals surface area contributed by atoms with E-state index in [2.05, 4.69) is 12.1 Å². The maximum absolute atomic E-state index is 11.8. The van der Waals surface area contributed by atoms with Crippen LogP contribution in [0.4, 0.5) is 0 Å². The van der Waals surface area contributed by atoms with Crippen molar-refractivity contribution in [3.8, 4) is 0 Å². The maximum atomic E-state index is 11.8. The standard InChI is InChI=1S/C16H20O3/c17-15(18)16(7-2-1-3-8-16)14-6-4-5-12(9-14)13-10-19-11-13/h4-6,9,13H,1-3,7-8,10-11H2,(H,17,18). The molecule has 0 aromatic heterocycles. The molecule has 1 saturated heterocycles. The Morgan fingerprint density at radius 2 is 1.95 bits per heavy atom. The molecule has 1 aliphatic heterocycles. The number of rotatable bonds is 3. The highest BCUT2D eigenvalue weighted by Gasteiger charge is 2.41. The van der Waals surface area contributed by atoms with Crippen LogP contribution in [0, 0.1) is 0 Å². The molecule has 0 amide bonds. The van der Waals surface area contributed by atoms with E-state index in [-0.39, 0.29) is 0 Å². The van der Waals surface area contributed by atoms with E-state index in [0.29, 0.717) is 5.92 Å². The minimum absolute atomic E-state index is 0.453. The fourth-order valence-electron chi connectivity index (χ4n) is 3.30. The van der Waals surface area contributed by atoms with E-state index in [1.807, 2.05) is 12.1 Å². The zero-order valence-electron chi connectivity index (χ0n) is 11.1. The Kier molecular flexibility index (Phi) is 3.31. The number of hydrogen-bond acceptors (Lipinski definition) is 2. The largest absolute Gasteiger partial charge is 0.481 e. The molecule has 2 fully saturated rings. The Balaban J connectivity index is 1.95. The van der Waals surface area contributed by atoms with Crippen LogP contribution >= 0.6 is 0 Å². The van der Waals surface area contributed by atoms with E-state index in [4.69, 9.17) is 4.74 Å². The van der Waals surface area contributed by atoms with Gasteiger partial charge in [-0.1, -0.05) is 43.5 Å². The molecule has 1 N–H and O–H groups in total. The summed E-state index contributed by atoms with van der Waals surface area (Å²) in [6, 6.07) is 8.19. The lowest BCUT2D eigenvalue weighted by Gasteiger charge is -2.35. The lowest BCUT2D eigenvalue weighted by Crippen LogP contribution is -2.38. The van der Waals surface area contributed by atoms with Crippen LogP contribution in [0.5, 0.6) is 0 Å². The molecular weight excluding hydrogens is 240 g/mol. The number of carbonyl (C=O) groups is 1. The van der Waals surface area contributed by atoms with Crippen LogP contribution < -0.4 is 0 Å². The van der Waals surface area contributed by atoms with Crippen LogP contribution in [0.3, 0.4) is 0 Å². The van der Waals surface area contributed by atoms with Crippen LogP contribution in [-0.2, 0) is 14.9 Å². The summed E-state index contributed by atoms with van der Waals surface area (Å²) in [5, 5.41) is 9.72. The van der Waals surface area contributed by atoms with E-state index in [9.17, 15) is 9.90 Å². The van der Waals surface area contributed by atoms with Crippen LogP contribution in [-0.4, -0.2) is 24.3 Å². The summed E-state index contributed by atoms with van der Waals surface area (Å²) in [5.41, 5.74) is 1.57. The first-order valence-corrected chi connectivity index (χ1v) is 7.14. The number of aliphatic carboxylic acids is 1. The Labute approximate surface area is 113 Å². The predicted molar refractivity (Wildman–Crippen MR) is 72.4 cm³/mol. The highest BCUT2D eigenvalue weighted by Crippen LogP contribution is 2.40. The van der Waals surface area contributed by atoms with Crippen molar-refractivity contribution in [1.82, 2.24) is 0 Å². The maximum Gasteiger partial charge on any atom is 0.314 e. The number of ether oxygens (including phenoxy) is 1. The third kappa shape index (κ3) is 2.16. The smallest absolute Gasteiger partial charge is 0.314 e. The fourth-order valence-corrected chi connectivity index (χ4v) is 3.30. The third-order valence-corrected chi connectivity index (χ3v) is 4.67. The van der Waals surface area contributed by atoms with Crippen LogP contribution in [0.15, 0.2) is 24.3 Å². The molecule has 1 saturated carbocycles. The quantitative estimate of drug-likeness (QED) is 0.908. The number of carboxylic acid groups (broad SMARTS) is 1. The Morgan fingerprint density at radius 1 is 1.21 bits per heavy atom. The van der Waals surface area contributed by atoms with Crippen LogP contribution in [0.1, 0.15) is 49.1 Å². The van der Waals surface area contributed by atoms with Gasteiger partial charge in [-0.3, -0.25) is 4.79 Å². The Morgan fingerprint density at radius 3 is 2.53 bits per heavy atom. The molecule has 1 heterocycles. The number of hydrogen-bond donors (Lipinski definition) is 1. The van der Waals surface area contributed by atoms with Gasteiger partial charge in [0.2, 0.25) is 0 Å². The van der Waals surface area contributed by atoms with Gasteiger partial charge in [-0.25, -0.2) is 0 Å². The lowest BCUT2D eigenvalue weighted by molar-refractivity contribution is -0.145. The van der Waals surface area contributed by atoms with Gasteiger partial charge >= 0.3 is 5.97 Å². The molecule has 3 heteroatoms. The van der Waals surface area contributed by atoms with Crippen molar-refractivity contribution in [2.45, 2.75) is 43.4 Å². The summed E-state index contributed by atoms with van der Waals surface area (Å²) >= 11 is 0. The topological polar surface area (TPSA) is 46.5 Å². The van der Waals surface area contributed by atoms with E-state index in [1.54, 1.807) is 0 Å². The van der Waals surface area contributed by atoms with Gasteiger partial charge in [0.25, 0.3) is 0 Å². The molecule has 2 aliphatic rings. The minimum atomic E-state index is -0.658. The summed E-state index contributed by atoms with van der Waals surface area (Å²) in [6.07, 6.45) is 4.73. The minimum Gasteiger partial charge on any atom is -0.481 e. The van der Waals surface area contributed by atoms with E-state index < -0.39 is 11.4 Å². The lowest BCUT2D eigenvalue weighted by atomic mass is 9.69. The van der Waals surface area contributed by atoms with Gasteiger partial charge in [0.15, 0.2) is 0 Å². The molecule has 3 nitrogen and oxygen atoms in total. The monoisotopic (exact) mass is 260 g/mol. The van der Waals surface area contributed by atoms with E-state index in [0.717, 1.165) is 50.9 Å². The summed E-state index contributed by atoms with van der Waals surface area (Å²) in [6.45, 7) is 1.53. The second kappa shape index (κ2) is 4.97. The molecule has 0 unspecified atom stereocenters. The molecule has 19 heavy (non-hydrogen) atoms. The van der Waals surface area contributed by atoms with Crippen molar-refractivity contribution < 1.29 is 14.6 Å². The van der Waals surface area contributed by atoms with Crippen molar-refractivity contribution in [2.24, 2.45) is 0 Å². The van der Waals surface area contributed by atoms with Gasteiger partial charge < -0.3 is 9.84 Å². The average molecular weight is 260 g/mol. The molecule has 3 rings (SSSR count). The molecule has 0 spiro atoms. The summed E-state index contributed by atoms with van der Waals surface area (Å²) in [4.78, 5) is 11.8. The molecule has 1 aromatic carbocycles. The Hall–Kier alpha value is -1.35. The highest BCUT2D eigenvalue weighted by molar-refractivity contribution is 5.81. The van der Waals surface area contributed by atoms with Crippen LogP contribution in [0.25, 0.3) is 0 Å². The predicted octanol–water partition coefficient (Wildman–Crippen LogP) is 3.09. The second-order valence-electron chi connectivity index (χ2n) is 5.81. The van der Waals surface area contributed by atoms with Gasteiger partial charge in [0.1, 0.15) is 0 Å². The third-order valence-electron chi connectivity index (χ3n) is 4.67. The average Bonchev–Trinajstić information content (AvgIpc) is 2.38. The van der Waals surface area contributed by atoms with Gasteiger partial charge in [0.05, 0.1) is 18.6 Å². The molecular formula is C16H20O3. The Bertz CT molecular complexity index is 471. The van der Waals surface area contributed by atoms with Crippen molar-refractivity contribution in [3.05, 3.63) is 35.4 Å². The highest BCUT2D eigenvalue weighted by atomic mass is 16.5. The van der Waals surface area contributed by atoms with Gasteiger partial charge in [-0.2, -0.15) is 0 Å². The second-order valence-corrected chi connectivity index (χ2v) is 5.81. The van der Waals surface area contributed by atoms with Crippen molar-refractivity contribution >= 4 is 5.97 Å². The molecule has 1 aliphatic carbocycles. The summed E-state index contributed by atoms with van der Waals surface area (Å²) in [5.74, 6) is -0.205. The SMILES string of the molecule is O=C(O)C1(c2cccc(C3COC3)c2)CCCCC1. The molecule has 102 valence electrons. The summed E-state index contributed by atoms with van der Waals surface area (Å²) < 4.78 is 5.23.